The van der Waals surface area contributed by atoms with Crippen molar-refractivity contribution in [1.29, 1.82) is 0 Å². The van der Waals surface area contributed by atoms with E-state index in [1.54, 1.807) is 6.26 Å². The third-order valence-corrected chi connectivity index (χ3v) is 4.95. The Morgan fingerprint density at radius 1 is 1.29 bits per heavy atom. The maximum absolute atomic E-state index is 11.5. The molecule has 0 bridgehead atoms. The molecule has 0 radical (unpaired) electrons. The van der Waals surface area contributed by atoms with Gasteiger partial charge in [-0.2, -0.15) is 4.31 Å². The highest BCUT2D eigenvalue weighted by Crippen LogP contribution is 2.13. The number of rotatable bonds is 7. The van der Waals surface area contributed by atoms with E-state index in [0.717, 1.165) is 50.5 Å². The van der Waals surface area contributed by atoms with Crippen LogP contribution in [-0.2, 0) is 23.1 Å². The fourth-order valence-corrected chi connectivity index (χ4v) is 3.28. The fourth-order valence-electron chi connectivity index (χ4n) is 2.45. The third kappa shape index (κ3) is 5.10. The van der Waals surface area contributed by atoms with Crippen molar-refractivity contribution in [3.8, 4) is 0 Å². The summed E-state index contributed by atoms with van der Waals surface area (Å²) in [5.41, 5.74) is 1.16. The van der Waals surface area contributed by atoms with Gasteiger partial charge >= 0.3 is 0 Å². The fraction of sp³-hybridized carbons (Fsp3) is 0.714. The van der Waals surface area contributed by atoms with Crippen LogP contribution in [0, 0.1) is 0 Å². The van der Waals surface area contributed by atoms with Gasteiger partial charge in [-0.1, -0.05) is 6.92 Å². The van der Waals surface area contributed by atoms with E-state index in [1.807, 2.05) is 0 Å². The molecule has 0 aromatic carbocycles. The van der Waals surface area contributed by atoms with E-state index >= 15 is 0 Å². The van der Waals surface area contributed by atoms with E-state index in [4.69, 9.17) is 4.42 Å². The predicted octanol–water partition coefficient (Wildman–Crippen LogP) is 0.856. The highest BCUT2D eigenvalue weighted by molar-refractivity contribution is 7.88. The lowest BCUT2D eigenvalue weighted by Gasteiger charge is -2.32. The van der Waals surface area contributed by atoms with Crippen LogP contribution in [0.15, 0.2) is 16.7 Å². The quantitative estimate of drug-likeness (QED) is 0.756. The van der Waals surface area contributed by atoms with Crippen molar-refractivity contribution in [2.75, 3.05) is 39.0 Å². The van der Waals surface area contributed by atoms with Crippen molar-refractivity contribution in [3.05, 3.63) is 23.7 Å². The maximum Gasteiger partial charge on any atom is 0.211 e. The molecule has 0 spiro atoms. The topological polar surface area (TPSA) is 65.8 Å². The second kappa shape index (κ2) is 7.40. The smallest absolute Gasteiger partial charge is 0.211 e. The molecule has 21 heavy (non-hydrogen) atoms. The first kappa shape index (κ1) is 16.5. The third-order valence-electron chi connectivity index (χ3n) is 3.64. The number of sulfonamides is 1. The molecule has 0 aliphatic carbocycles. The largest absolute Gasteiger partial charge is 0.468 e. The molecule has 1 fully saturated rings. The van der Waals surface area contributed by atoms with Gasteiger partial charge in [-0.05, 0) is 19.0 Å². The van der Waals surface area contributed by atoms with Crippen molar-refractivity contribution in [2.24, 2.45) is 0 Å². The average molecular weight is 315 g/mol. The SMILES string of the molecule is CCCNCc1coc(CN2CCN(S(C)(=O)=O)CC2)c1. The maximum atomic E-state index is 11.5. The molecule has 1 aliphatic rings. The van der Waals surface area contributed by atoms with Gasteiger partial charge in [0.2, 0.25) is 10.0 Å². The van der Waals surface area contributed by atoms with Crippen molar-refractivity contribution in [1.82, 2.24) is 14.5 Å². The summed E-state index contributed by atoms with van der Waals surface area (Å²) in [4.78, 5) is 2.23. The van der Waals surface area contributed by atoms with Crippen molar-refractivity contribution in [3.63, 3.8) is 0 Å². The Hall–Kier alpha value is -0.890. The summed E-state index contributed by atoms with van der Waals surface area (Å²) in [5, 5.41) is 3.34. The molecule has 6 nitrogen and oxygen atoms in total. The van der Waals surface area contributed by atoms with E-state index in [9.17, 15) is 8.42 Å². The van der Waals surface area contributed by atoms with Gasteiger partial charge in [0.15, 0.2) is 0 Å². The first-order valence-electron chi connectivity index (χ1n) is 7.43. The van der Waals surface area contributed by atoms with Gasteiger partial charge < -0.3 is 9.73 Å². The molecule has 1 aliphatic heterocycles. The molecule has 0 unspecified atom stereocenters. The van der Waals surface area contributed by atoms with E-state index in [-0.39, 0.29) is 0 Å². The molecular formula is C14H25N3O3S. The zero-order valence-corrected chi connectivity index (χ0v) is 13.7. The minimum Gasteiger partial charge on any atom is -0.468 e. The summed E-state index contributed by atoms with van der Waals surface area (Å²) in [6.07, 6.45) is 4.19. The number of hydrogen-bond donors (Lipinski definition) is 1. The normalized spacial score (nSPS) is 18.2. The van der Waals surface area contributed by atoms with Gasteiger partial charge in [0, 0.05) is 38.3 Å². The molecule has 0 amide bonds. The summed E-state index contributed by atoms with van der Waals surface area (Å²) in [6, 6.07) is 2.07. The van der Waals surface area contributed by atoms with Crippen LogP contribution >= 0.6 is 0 Å². The molecule has 2 heterocycles. The van der Waals surface area contributed by atoms with Crippen LogP contribution in [-0.4, -0.2) is 56.6 Å². The lowest BCUT2D eigenvalue weighted by Crippen LogP contribution is -2.47. The molecule has 0 saturated carbocycles. The number of piperazine rings is 1. The first-order chi connectivity index (χ1) is 9.99. The Balaban J connectivity index is 1.78. The summed E-state index contributed by atoms with van der Waals surface area (Å²) >= 11 is 0. The Kier molecular flexibility index (Phi) is 5.80. The lowest BCUT2D eigenvalue weighted by atomic mass is 10.2. The second-order valence-corrected chi connectivity index (χ2v) is 7.52. The highest BCUT2D eigenvalue weighted by atomic mass is 32.2. The summed E-state index contributed by atoms with van der Waals surface area (Å²) in [5.74, 6) is 0.941. The Morgan fingerprint density at radius 2 is 2.00 bits per heavy atom. The Morgan fingerprint density at radius 3 is 2.62 bits per heavy atom. The monoisotopic (exact) mass is 315 g/mol. The van der Waals surface area contributed by atoms with E-state index in [0.29, 0.717) is 13.1 Å². The molecule has 1 saturated heterocycles. The van der Waals surface area contributed by atoms with E-state index in [2.05, 4.69) is 23.2 Å². The van der Waals surface area contributed by atoms with Crippen LogP contribution in [0.4, 0.5) is 0 Å². The standard InChI is InChI=1S/C14H25N3O3S/c1-3-4-15-10-13-9-14(20-12-13)11-16-5-7-17(8-6-16)21(2,18)19/h9,12,15H,3-8,10-11H2,1-2H3. The van der Waals surface area contributed by atoms with Gasteiger partial charge in [-0.3, -0.25) is 4.90 Å². The lowest BCUT2D eigenvalue weighted by molar-refractivity contribution is 0.171. The molecule has 120 valence electrons. The minimum atomic E-state index is -3.06. The molecular weight excluding hydrogens is 290 g/mol. The zero-order valence-electron chi connectivity index (χ0n) is 12.8. The minimum absolute atomic E-state index is 0.560. The molecule has 7 heteroatoms. The number of hydrogen-bond acceptors (Lipinski definition) is 5. The average Bonchev–Trinajstić information content (AvgIpc) is 2.86. The van der Waals surface area contributed by atoms with E-state index in [1.165, 1.54) is 10.6 Å². The summed E-state index contributed by atoms with van der Waals surface area (Å²) in [7, 11) is -3.06. The molecule has 1 aromatic heterocycles. The molecule has 0 atom stereocenters. The highest BCUT2D eigenvalue weighted by Gasteiger charge is 2.23. The first-order valence-corrected chi connectivity index (χ1v) is 9.28. The second-order valence-electron chi connectivity index (χ2n) is 5.54. The van der Waals surface area contributed by atoms with Crippen molar-refractivity contribution in [2.45, 2.75) is 26.4 Å². The van der Waals surface area contributed by atoms with Gasteiger partial charge in [0.1, 0.15) is 5.76 Å². The van der Waals surface area contributed by atoms with Gasteiger partial charge in [0.05, 0.1) is 19.1 Å². The van der Waals surface area contributed by atoms with E-state index < -0.39 is 10.0 Å². The van der Waals surface area contributed by atoms with Crippen LogP contribution in [0.1, 0.15) is 24.7 Å². The predicted molar refractivity (Wildman–Crippen MR) is 82.4 cm³/mol. The van der Waals surface area contributed by atoms with Gasteiger partial charge in [0.25, 0.3) is 0 Å². The van der Waals surface area contributed by atoms with Crippen LogP contribution in [0.2, 0.25) is 0 Å². The molecule has 1 aromatic rings. The Bertz CT molecular complexity index is 533. The number of nitrogens with one attached hydrogen (secondary N) is 1. The van der Waals surface area contributed by atoms with Crippen LogP contribution < -0.4 is 5.32 Å². The van der Waals surface area contributed by atoms with Crippen LogP contribution in [0.5, 0.6) is 0 Å². The zero-order chi connectivity index (χ0) is 15.3. The molecule has 1 N–H and O–H groups in total. The van der Waals surface area contributed by atoms with Crippen LogP contribution in [0.3, 0.4) is 0 Å². The van der Waals surface area contributed by atoms with Gasteiger partial charge in [-0.25, -0.2) is 8.42 Å². The Labute approximate surface area is 127 Å². The van der Waals surface area contributed by atoms with Crippen molar-refractivity contribution < 1.29 is 12.8 Å². The summed E-state index contributed by atoms with van der Waals surface area (Å²) < 4.78 is 30.0. The van der Waals surface area contributed by atoms with Crippen molar-refractivity contribution >= 4 is 10.0 Å². The number of furan rings is 1. The molecule has 2 rings (SSSR count). The summed E-state index contributed by atoms with van der Waals surface area (Å²) in [6.45, 7) is 7.34. The number of nitrogens with zero attached hydrogens (tertiary/aromatic N) is 2. The van der Waals surface area contributed by atoms with Gasteiger partial charge in [-0.15, -0.1) is 0 Å². The van der Waals surface area contributed by atoms with Crippen LogP contribution in [0.25, 0.3) is 0 Å².